The second kappa shape index (κ2) is 6.85. The van der Waals surface area contributed by atoms with E-state index in [4.69, 9.17) is 5.10 Å². The maximum Gasteiger partial charge on any atom is 0.266 e. The van der Waals surface area contributed by atoms with Gasteiger partial charge in [0.25, 0.3) is 5.91 Å². The zero-order valence-electron chi connectivity index (χ0n) is 13.8. The van der Waals surface area contributed by atoms with Crippen molar-refractivity contribution < 1.29 is 4.79 Å². The number of thiazole rings is 1. The van der Waals surface area contributed by atoms with Gasteiger partial charge in [-0.15, -0.1) is 11.3 Å². The van der Waals surface area contributed by atoms with E-state index in [0.29, 0.717) is 13.1 Å². The van der Waals surface area contributed by atoms with Gasteiger partial charge in [-0.25, -0.2) is 4.98 Å². The Balaban J connectivity index is 1.45. The van der Waals surface area contributed by atoms with Crippen LogP contribution in [0.5, 0.6) is 0 Å². The van der Waals surface area contributed by atoms with Crippen LogP contribution in [0.3, 0.4) is 0 Å². The van der Waals surface area contributed by atoms with Gasteiger partial charge in [0, 0.05) is 37.7 Å². The standard InChI is InChI=1S/C16H21N5OS2/c1-12-15(24-11-17-12)16(22)20-2-3-21-14(10-20)8-13(18-21)9-19-4-6-23-7-5-19/h8,11H,2-7,9-10H2,1H3. The van der Waals surface area contributed by atoms with Gasteiger partial charge in [0.05, 0.1) is 35.7 Å². The molecule has 0 aromatic carbocycles. The Hall–Kier alpha value is -1.38. The van der Waals surface area contributed by atoms with Gasteiger partial charge in [-0.1, -0.05) is 0 Å². The van der Waals surface area contributed by atoms with Gasteiger partial charge in [-0.3, -0.25) is 14.4 Å². The fraction of sp³-hybridized carbons (Fsp3) is 0.562. The Morgan fingerprint density at radius 1 is 1.25 bits per heavy atom. The highest BCUT2D eigenvalue weighted by atomic mass is 32.2. The van der Waals surface area contributed by atoms with Crippen LogP contribution in [0.1, 0.15) is 26.8 Å². The zero-order chi connectivity index (χ0) is 16.5. The predicted molar refractivity (Wildman–Crippen MR) is 96.4 cm³/mol. The van der Waals surface area contributed by atoms with E-state index < -0.39 is 0 Å². The van der Waals surface area contributed by atoms with E-state index >= 15 is 0 Å². The summed E-state index contributed by atoms with van der Waals surface area (Å²) in [5, 5.41) is 4.74. The SMILES string of the molecule is Cc1ncsc1C(=O)N1CCn2nc(CN3CCSCC3)cc2C1. The Morgan fingerprint density at radius 3 is 2.83 bits per heavy atom. The van der Waals surface area contributed by atoms with Gasteiger partial charge in [0.1, 0.15) is 4.88 Å². The molecule has 0 saturated carbocycles. The first-order valence-electron chi connectivity index (χ1n) is 8.26. The molecular formula is C16H21N5OS2. The lowest BCUT2D eigenvalue weighted by Gasteiger charge is -2.27. The van der Waals surface area contributed by atoms with Gasteiger partial charge < -0.3 is 4.90 Å². The van der Waals surface area contributed by atoms with Crippen molar-refractivity contribution in [1.82, 2.24) is 24.6 Å². The molecular weight excluding hydrogens is 342 g/mol. The number of hydrogen-bond acceptors (Lipinski definition) is 6. The summed E-state index contributed by atoms with van der Waals surface area (Å²) in [6.07, 6.45) is 0. The third-order valence-electron chi connectivity index (χ3n) is 4.56. The molecule has 0 unspecified atom stereocenters. The number of amides is 1. The lowest BCUT2D eigenvalue weighted by molar-refractivity contribution is 0.0710. The van der Waals surface area contributed by atoms with Crippen molar-refractivity contribution in [2.45, 2.75) is 26.6 Å². The fourth-order valence-corrected chi connectivity index (χ4v) is 4.96. The number of aryl methyl sites for hydroxylation is 1. The molecule has 0 aliphatic carbocycles. The first-order valence-corrected chi connectivity index (χ1v) is 10.3. The monoisotopic (exact) mass is 363 g/mol. The van der Waals surface area contributed by atoms with E-state index in [2.05, 4.69) is 20.6 Å². The van der Waals surface area contributed by atoms with Crippen LogP contribution in [0.25, 0.3) is 0 Å². The number of fused-ring (bicyclic) bond motifs is 1. The maximum absolute atomic E-state index is 12.7. The Bertz CT molecular complexity index is 735. The first kappa shape index (κ1) is 16.1. The molecule has 2 aliphatic rings. The van der Waals surface area contributed by atoms with Crippen LogP contribution < -0.4 is 0 Å². The summed E-state index contributed by atoms with van der Waals surface area (Å²) < 4.78 is 2.07. The molecule has 24 heavy (non-hydrogen) atoms. The highest BCUT2D eigenvalue weighted by molar-refractivity contribution is 7.99. The van der Waals surface area contributed by atoms with Crippen LogP contribution in [0.4, 0.5) is 0 Å². The molecule has 0 radical (unpaired) electrons. The van der Waals surface area contributed by atoms with E-state index in [9.17, 15) is 4.79 Å². The largest absolute Gasteiger partial charge is 0.330 e. The molecule has 2 aliphatic heterocycles. The van der Waals surface area contributed by atoms with Gasteiger partial charge in [0.2, 0.25) is 0 Å². The van der Waals surface area contributed by atoms with Gasteiger partial charge >= 0.3 is 0 Å². The number of thioether (sulfide) groups is 1. The maximum atomic E-state index is 12.7. The molecule has 128 valence electrons. The van der Waals surface area contributed by atoms with E-state index in [1.807, 2.05) is 23.6 Å². The lowest BCUT2D eigenvalue weighted by atomic mass is 10.2. The molecule has 1 saturated heterocycles. The Kier molecular flexibility index (Phi) is 4.60. The summed E-state index contributed by atoms with van der Waals surface area (Å²) in [6, 6.07) is 2.17. The number of carbonyl (C=O) groups is 1. The van der Waals surface area contributed by atoms with Gasteiger partial charge in [-0.2, -0.15) is 16.9 Å². The smallest absolute Gasteiger partial charge is 0.266 e. The number of aromatic nitrogens is 3. The summed E-state index contributed by atoms with van der Waals surface area (Å²) in [4.78, 5) is 22.0. The van der Waals surface area contributed by atoms with Crippen molar-refractivity contribution in [3.05, 3.63) is 33.5 Å². The molecule has 0 N–H and O–H groups in total. The minimum atomic E-state index is 0.0945. The molecule has 1 fully saturated rings. The molecule has 4 heterocycles. The average Bonchev–Trinajstić information content (AvgIpc) is 3.19. The number of nitrogens with zero attached hydrogens (tertiary/aromatic N) is 5. The molecule has 2 aromatic heterocycles. The molecule has 0 spiro atoms. The number of hydrogen-bond donors (Lipinski definition) is 0. The Labute approximate surface area is 149 Å². The van der Waals surface area contributed by atoms with Crippen molar-refractivity contribution in [3.63, 3.8) is 0 Å². The van der Waals surface area contributed by atoms with Crippen molar-refractivity contribution in [2.24, 2.45) is 0 Å². The van der Waals surface area contributed by atoms with Gasteiger partial charge in [-0.05, 0) is 13.0 Å². The van der Waals surface area contributed by atoms with Crippen LogP contribution in [-0.2, 0) is 19.6 Å². The van der Waals surface area contributed by atoms with Crippen LogP contribution >= 0.6 is 23.1 Å². The topological polar surface area (TPSA) is 54.3 Å². The quantitative estimate of drug-likeness (QED) is 0.833. The normalized spacial score (nSPS) is 18.6. The fourth-order valence-electron chi connectivity index (χ4n) is 3.22. The number of carbonyl (C=O) groups excluding carboxylic acids is 1. The minimum Gasteiger partial charge on any atom is -0.330 e. The van der Waals surface area contributed by atoms with Crippen LogP contribution in [-0.4, -0.2) is 61.6 Å². The van der Waals surface area contributed by atoms with E-state index in [-0.39, 0.29) is 5.91 Å². The molecule has 8 heteroatoms. The summed E-state index contributed by atoms with van der Waals surface area (Å²) in [7, 11) is 0. The highest BCUT2D eigenvalue weighted by Gasteiger charge is 2.25. The second-order valence-corrected chi connectivity index (χ2v) is 8.31. The summed E-state index contributed by atoms with van der Waals surface area (Å²) in [5.41, 5.74) is 4.83. The average molecular weight is 364 g/mol. The van der Waals surface area contributed by atoms with Crippen molar-refractivity contribution >= 4 is 29.0 Å². The molecule has 1 amide bonds. The molecule has 4 rings (SSSR count). The van der Waals surface area contributed by atoms with Crippen molar-refractivity contribution in [2.75, 3.05) is 31.1 Å². The molecule has 6 nitrogen and oxygen atoms in total. The third kappa shape index (κ3) is 3.22. The van der Waals surface area contributed by atoms with Crippen LogP contribution in [0.15, 0.2) is 11.6 Å². The Morgan fingerprint density at radius 2 is 2.08 bits per heavy atom. The molecule has 2 aromatic rings. The van der Waals surface area contributed by atoms with E-state index in [1.165, 1.54) is 22.8 Å². The zero-order valence-corrected chi connectivity index (χ0v) is 15.4. The van der Waals surface area contributed by atoms with Crippen molar-refractivity contribution in [1.29, 1.82) is 0 Å². The molecule has 0 bridgehead atoms. The lowest BCUT2D eigenvalue weighted by Crippen LogP contribution is -2.38. The predicted octanol–water partition coefficient (Wildman–Crippen LogP) is 1.85. The van der Waals surface area contributed by atoms with Crippen LogP contribution in [0.2, 0.25) is 0 Å². The van der Waals surface area contributed by atoms with Gasteiger partial charge in [0.15, 0.2) is 0 Å². The molecule has 0 atom stereocenters. The second-order valence-electron chi connectivity index (χ2n) is 6.23. The summed E-state index contributed by atoms with van der Waals surface area (Å²) >= 11 is 3.45. The summed E-state index contributed by atoms with van der Waals surface area (Å²) in [6.45, 7) is 7.22. The highest BCUT2D eigenvalue weighted by Crippen LogP contribution is 2.21. The third-order valence-corrected chi connectivity index (χ3v) is 6.42. The first-order chi connectivity index (χ1) is 11.7. The minimum absolute atomic E-state index is 0.0945. The number of rotatable bonds is 3. The van der Waals surface area contributed by atoms with E-state index in [1.54, 1.807) is 5.51 Å². The van der Waals surface area contributed by atoms with Crippen molar-refractivity contribution in [3.8, 4) is 0 Å². The van der Waals surface area contributed by atoms with Crippen LogP contribution in [0, 0.1) is 6.92 Å². The van der Waals surface area contributed by atoms with E-state index in [0.717, 1.165) is 48.1 Å². The summed E-state index contributed by atoms with van der Waals surface area (Å²) in [5.74, 6) is 2.52.